The molecule has 2 heterocycles. The Morgan fingerprint density at radius 1 is 1.11 bits per heavy atom. The largest absolute Gasteiger partial charge is 0.493 e. The molecule has 0 aliphatic carbocycles. The van der Waals surface area contributed by atoms with Gasteiger partial charge in [-0.2, -0.15) is 0 Å². The van der Waals surface area contributed by atoms with Crippen LogP contribution in [0.15, 0.2) is 42.5 Å². The Balaban J connectivity index is 1.44. The zero-order chi connectivity index (χ0) is 26.9. The van der Waals surface area contributed by atoms with Crippen LogP contribution in [-0.2, 0) is 33.8 Å². The molecule has 2 aromatic carbocycles. The van der Waals surface area contributed by atoms with Crippen LogP contribution in [-0.4, -0.2) is 61.1 Å². The van der Waals surface area contributed by atoms with Crippen LogP contribution in [0.5, 0.6) is 11.5 Å². The van der Waals surface area contributed by atoms with E-state index in [1.807, 2.05) is 30.3 Å². The molecule has 10 heteroatoms. The molecule has 0 spiro atoms. The number of benzene rings is 2. The predicted molar refractivity (Wildman–Crippen MR) is 146 cm³/mol. The van der Waals surface area contributed by atoms with Crippen LogP contribution < -0.4 is 20.5 Å². The van der Waals surface area contributed by atoms with Gasteiger partial charge in [0.2, 0.25) is 0 Å². The number of nitrogens with two attached hydrogens (primary N) is 1. The molecule has 0 aliphatic rings. The number of anilines is 1. The number of imidazole rings is 1. The molecular weight excluding hydrogens is 486 g/mol. The van der Waals surface area contributed by atoms with Crippen LogP contribution >= 0.6 is 0 Å². The molecule has 10 nitrogen and oxygen atoms in total. The van der Waals surface area contributed by atoms with E-state index in [1.165, 1.54) is 0 Å². The number of pyridine rings is 1. The first-order valence-electron chi connectivity index (χ1n) is 12.7. The topological polar surface area (TPSA) is 123 Å². The highest BCUT2D eigenvalue weighted by atomic mass is 16.6. The number of nitrogens with zero attached hydrogens (tertiary/aromatic N) is 3. The molecular formula is C28H35N5O5. The molecule has 0 amide bonds. The fraction of sp³-hybridized carbons (Fsp3) is 0.393. The van der Waals surface area contributed by atoms with Gasteiger partial charge in [-0.1, -0.05) is 30.3 Å². The summed E-state index contributed by atoms with van der Waals surface area (Å²) in [5.74, 6) is 2.05. The van der Waals surface area contributed by atoms with Crippen molar-refractivity contribution in [1.29, 1.82) is 0 Å². The SMILES string of the molecule is CCOC(=O)COc1cccc(CNCCCn2c(CCOC)nc3c(N)nc4ccccc4c32)c1OC. The first kappa shape index (κ1) is 27.2. The summed E-state index contributed by atoms with van der Waals surface area (Å²) in [4.78, 5) is 21.1. The van der Waals surface area contributed by atoms with Crippen LogP contribution in [0.2, 0.25) is 0 Å². The van der Waals surface area contributed by atoms with Gasteiger partial charge in [-0.15, -0.1) is 0 Å². The first-order valence-corrected chi connectivity index (χ1v) is 12.7. The maximum Gasteiger partial charge on any atom is 0.344 e. The van der Waals surface area contributed by atoms with Crippen LogP contribution in [0.4, 0.5) is 5.82 Å². The van der Waals surface area contributed by atoms with Gasteiger partial charge in [-0.05, 0) is 32.0 Å². The number of fused-ring (bicyclic) bond motifs is 3. The lowest BCUT2D eigenvalue weighted by Crippen LogP contribution is -2.18. The average molecular weight is 522 g/mol. The molecule has 0 bridgehead atoms. The Labute approximate surface area is 222 Å². The lowest BCUT2D eigenvalue weighted by Gasteiger charge is -2.15. The number of aryl methyl sites for hydroxylation is 1. The average Bonchev–Trinajstić information content (AvgIpc) is 3.30. The van der Waals surface area contributed by atoms with Crippen LogP contribution in [0.1, 0.15) is 24.7 Å². The highest BCUT2D eigenvalue weighted by Crippen LogP contribution is 2.31. The second-order valence-electron chi connectivity index (χ2n) is 8.71. The number of rotatable bonds is 14. The lowest BCUT2D eigenvalue weighted by atomic mass is 10.1. The number of ether oxygens (including phenoxy) is 4. The van der Waals surface area contributed by atoms with Gasteiger partial charge in [-0.25, -0.2) is 14.8 Å². The number of aromatic nitrogens is 3. The van der Waals surface area contributed by atoms with Crippen molar-refractivity contribution in [1.82, 2.24) is 19.9 Å². The molecule has 38 heavy (non-hydrogen) atoms. The molecule has 0 saturated carbocycles. The third-order valence-electron chi connectivity index (χ3n) is 6.19. The molecule has 0 atom stereocenters. The van der Waals surface area contributed by atoms with Gasteiger partial charge in [0.15, 0.2) is 23.9 Å². The van der Waals surface area contributed by atoms with Gasteiger partial charge in [0, 0.05) is 37.6 Å². The normalized spacial score (nSPS) is 11.2. The zero-order valence-corrected chi connectivity index (χ0v) is 22.2. The number of nitrogens with one attached hydrogen (secondary N) is 1. The number of carbonyl (C=O) groups is 1. The van der Waals surface area contributed by atoms with Crippen molar-refractivity contribution >= 4 is 33.7 Å². The third-order valence-corrected chi connectivity index (χ3v) is 6.19. The minimum atomic E-state index is -0.416. The van der Waals surface area contributed by atoms with Crippen molar-refractivity contribution in [2.24, 2.45) is 0 Å². The molecule has 4 rings (SSSR count). The Hall–Kier alpha value is -3.89. The van der Waals surface area contributed by atoms with Crippen LogP contribution in [0.25, 0.3) is 21.9 Å². The predicted octanol–water partition coefficient (Wildman–Crippen LogP) is 3.49. The fourth-order valence-electron chi connectivity index (χ4n) is 4.50. The molecule has 202 valence electrons. The number of para-hydroxylation sites is 2. The quantitative estimate of drug-likeness (QED) is 0.190. The van der Waals surface area contributed by atoms with Gasteiger partial charge in [0.05, 0.1) is 31.4 Å². The number of nitrogen functional groups attached to an aromatic ring is 1. The van der Waals surface area contributed by atoms with Crippen molar-refractivity contribution in [3.63, 3.8) is 0 Å². The second-order valence-corrected chi connectivity index (χ2v) is 8.71. The van der Waals surface area contributed by atoms with Crippen LogP contribution in [0, 0.1) is 0 Å². The molecule has 0 radical (unpaired) electrons. The number of esters is 1. The maximum atomic E-state index is 11.7. The number of methoxy groups -OCH3 is 2. The minimum absolute atomic E-state index is 0.167. The molecule has 0 saturated heterocycles. The van der Waals surface area contributed by atoms with E-state index in [0.29, 0.717) is 43.5 Å². The fourth-order valence-corrected chi connectivity index (χ4v) is 4.50. The zero-order valence-electron chi connectivity index (χ0n) is 22.2. The molecule has 2 aromatic heterocycles. The molecule has 0 unspecified atom stereocenters. The summed E-state index contributed by atoms with van der Waals surface area (Å²) in [5.41, 5.74) is 9.82. The van der Waals surface area contributed by atoms with Gasteiger partial charge < -0.3 is 34.6 Å². The lowest BCUT2D eigenvalue weighted by molar-refractivity contribution is -0.145. The van der Waals surface area contributed by atoms with E-state index in [2.05, 4.69) is 20.9 Å². The number of hydrogen-bond acceptors (Lipinski definition) is 9. The van der Waals surface area contributed by atoms with E-state index >= 15 is 0 Å². The van der Waals surface area contributed by atoms with E-state index < -0.39 is 5.97 Å². The van der Waals surface area contributed by atoms with E-state index in [0.717, 1.165) is 52.8 Å². The van der Waals surface area contributed by atoms with Gasteiger partial charge >= 0.3 is 5.97 Å². The van der Waals surface area contributed by atoms with E-state index in [1.54, 1.807) is 27.2 Å². The molecule has 0 aliphatic heterocycles. The van der Waals surface area contributed by atoms with Crippen LogP contribution in [0.3, 0.4) is 0 Å². The molecule has 0 fully saturated rings. The van der Waals surface area contributed by atoms with E-state index in [4.69, 9.17) is 29.7 Å². The Morgan fingerprint density at radius 3 is 2.74 bits per heavy atom. The summed E-state index contributed by atoms with van der Waals surface area (Å²) >= 11 is 0. The van der Waals surface area contributed by atoms with Gasteiger partial charge in [-0.3, -0.25) is 0 Å². The highest BCUT2D eigenvalue weighted by molar-refractivity contribution is 6.06. The molecule has 3 N–H and O–H groups in total. The van der Waals surface area contributed by atoms with Crippen molar-refractivity contribution in [3.8, 4) is 11.5 Å². The van der Waals surface area contributed by atoms with Crippen molar-refractivity contribution in [2.45, 2.75) is 32.9 Å². The summed E-state index contributed by atoms with van der Waals surface area (Å²) in [6, 6.07) is 13.6. The summed E-state index contributed by atoms with van der Waals surface area (Å²) in [5, 5.41) is 4.52. The summed E-state index contributed by atoms with van der Waals surface area (Å²) in [6.45, 7) is 4.58. The third kappa shape index (κ3) is 6.15. The Morgan fingerprint density at radius 2 is 1.95 bits per heavy atom. The standard InChI is InChI=1S/C28H35N5O5/c1-4-37-24(34)18-38-22-12-7-9-19(27(22)36-3)17-30-14-8-15-33-23(13-16-35-2)32-25-26(33)20-10-5-6-11-21(20)31-28(25)29/h5-7,9-12,30H,4,8,13-18H2,1-3H3,(H2,29,31). The minimum Gasteiger partial charge on any atom is -0.493 e. The van der Waals surface area contributed by atoms with Gasteiger partial charge in [0.1, 0.15) is 11.3 Å². The van der Waals surface area contributed by atoms with E-state index in [9.17, 15) is 4.79 Å². The van der Waals surface area contributed by atoms with E-state index in [-0.39, 0.29) is 6.61 Å². The van der Waals surface area contributed by atoms with Crippen molar-refractivity contribution in [2.75, 3.05) is 46.3 Å². The monoisotopic (exact) mass is 521 g/mol. The highest BCUT2D eigenvalue weighted by Gasteiger charge is 2.17. The summed E-state index contributed by atoms with van der Waals surface area (Å²) < 4.78 is 23.7. The smallest absolute Gasteiger partial charge is 0.344 e. The summed E-state index contributed by atoms with van der Waals surface area (Å²) in [7, 11) is 3.28. The maximum absolute atomic E-state index is 11.7. The first-order chi connectivity index (χ1) is 18.6. The summed E-state index contributed by atoms with van der Waals surface area (Å²) in [6.07, 6.45) is 1.55. The Bertz CT molecular complexity index is 1390. The molecule has 4 aromatic rings. The number of carbonyl (C=O) groups excluding carboxylic acids is 1. The van der Waals surface area contributed by atoms with Crippen molar-refractivity contribution in [3.05, 3.63) is 53.9 Å². The van der Waals surface area contributed by atoms with Gasteiger partial charge in [0.25, 0.3) is 0 Å². The van der Waals surface area contributed by atoms with Crippen molar-refractivity contribution < 1.29 is 23.7 Å². The second kappa shape index (κ2) is 13.1. The Kier molecular flexibility index (Phi) is 9.34. The number of hydrogen-bond donors (Lipinski definition) is 2.